The van der Waals surface area contributed by atoms with Crippen LogP contribution in [0.3, 0.4) is 0 Å². The van der Waals surface area contributed by atoms with Crippen LogP contribution in [0.1, 0.15) is 71.7 Å². The van der Waals surface area contributed by atoms with Gasteiger partial charge in [-0.15, -0.1) is 0 Å². The smallest absolute Gasteiger partial charge is 0.258 e. The minimum Gasteiger partial charge on any atom is -0.347 e. The molecule has 4 atom stereocenters. The van der Waals surface area contributed by atoms with Crippen LogP contribution in [0.5, 0.6) is 0 Å². The molecule has 10 heteroatoms. The van der Waals surface area contributed by atoms with E-state index in [4.69, 9.17) is 4.98 Å². The van der Waals surface area contributed by atoms with Gasteiger partial charge in [0.1, 0.15) is 18.1 Å². The van der Waals surface area contributed by atoms with Crippen LogP contribution in [0.25, 0.3) is 17.0 Å². The molecular weight excluding hydrogens is 508 g/mol. The summed E-state index contributed by atoms with van der Waals surface area (Å²) in [4.78, 5) is 57.7. The summed E-state index contributed by atoms with van der Waals surface area (Å²) >= 11 is 0. The highest BCUT2D eigenvalue weighted by Crippen LogP contribution is 2.23. The summed E-state index contributed by atoms with van der Waals surface area (Å²) in [5.74, 6) is -1.53. The SMILES string of the molecule is CC(C)[C@@H]1NC(=O)C(C)(C)/C=C/c2ccc3ccc(nc3c2)[C@@H](C)NC(=O)[C@@H]2CCCN(N2)C(=O)[C@H](C)NC1=O. The zero-order valence-electron chi connectivity index (χ0n) is 24.1. The topological polar surface area (TPSA) is 133 Å². The first kappa shape index (κ1) is 29.2. The van der Waals surface area contributed by atoms with Gasteiger partial charge in [0, 0.05) is 11.9 Å². The number of nitrogens with one attached hydrogen (secondary N) is 4. The number of nitrogens with zero attached hydrogens (tertiary/aromatic N) is 2. The second kappa shape index (κ2) is 11.8. The molecule has 1 aromatic heterocycles. The van der Waals surface area contributed by atoms with Gasteiger partial charge in [-0.05, 0) is 64.2 Å². The normalized spacial score (nSPS) is 27.2. The maximum atomic E-state index is 13.3. The van der Waals surface area contributed by atoms with Crippen molar-refractivity contribution in [3.8, 4) is 0 Å². The zero-order valence-corrected chi connectivity index (χ0v) is 24.1. The van der Waals surface area contributed by atoms with Crippen molar-refractivity contribution in [3.05, 3.63) is 47.7 Å². The fraction of sp³-hybridized carbons (Fsp3) is 0.500. The fourth-order valence-corrected chi connectivity index (χ4v) is 4.86. The summed E-state index contributed by atoms with van der Waals surface area (Å²) < 4.78 is 0. The van der Waals surface area contributed by atoms with Crippen LogP contribution in [0.15, 0.2) is 36.4 Å². The Hall–Kier alpha value is -3.79. The van der Waals surface area contributed by atoms with E-state index in [1.165, 1.54) is 5.01 Å². The van der Waals surface area contributed by atoms with E-state index in [1.54, 1.807) is 26.8 Å². The van der Waals surface area contributed by atoms with E-state index < -0.39 is 29.4 Å². The van der Waals surface area contributed by atoms with E-state index in [1.807, 2.05) is 57.2 Å². The second-order valence-electron chi connectivity index (χ2n) is 11.7. The number of pyridine rings is 1. The lowest BCUT2D eigenvalue weighted by Gasteiger charge is -2.35. The van der Waals surface area contributed by atoms with Gasteiger partial charge in [-0.3, -0.25) is 29.2 Å². The summed E-state index contributed by atoms with van der Waals surface area (Å²) in [6.45, 7) is 11.2. The summed E-state index contributed by atoms with van der Waals surface area (Å²) in [5, 5.41) is 11.0. The molecule has 4 N–H and O–H groups in total. The van der Waals surface area contributed by atoms with Crippen molar-refractivity contribution in [2.24, 2.45) is 11.3 Å². The fourth-order valence-electron chi connectivity index (χ4n) is 4.86. The number of rotatable bonds is 1. The molecule has 10 nitrogen and oxygen atoms in total. The molecule has 1 saturated heterocycles. The Labute approximate surface area is 235 Å². The lowest BCUT2D eigenvalue weighted by Crippen LogP contribution is -2.62. The summed E-state index contributed by atoms with van der Waals surface area (Å²) in [5.41, 5.74) is 4.48. The Balaban J connectivity index is 1.70. The molecule has 0 radical (unpaired) electrons. The molecule has 5 bridgehead atoms. The molecule has 1 aromatic carbocycles. The Bertz CT molecular complexity index is 1340. The highest BCUT2D eigenvalue weighted by Gasteiger charge is 2.35. The van der Waals surface area contributed by atoms with Crippen molar-refractivity contribution in [1.82, 2.24) is 31.4 Å². The maximum absolute atomic E-state index is 13.3. The molecular formula is C30H40N6O4. The van der Waals surface area contributed by atoms with E-state index >= 15 is 0 Å². The third-order valence-electron chi connectivity index (χ3n) is 7.55. The van der Waals surface area contributed by atoms with Crippen molar-refractivity contribution >= 4 is 40.6 Å². The maximum Gasteiger partial charge on any atom is 0.258 e. The molecule has 1 fully saturated rings. The van der Waals surface area contributed by atoms with Gasteiger partial charge in [0.15, 0.2) is 0 Å². The summed E-state index contributed by atoms with van der Waals surface area (Å²) in [6, 6.07) is 7.09. The predicted octanol–water partition coefficient (Wildman–Crippen LogP) is 2.61. The predicted molar refractivity (Wildman–Crippen MR) is 153 cm³/mol. The van der Waals surface area contributed by atoms with Crippen molar-refractivity contribution in [2.75, 3.05) is 6.54 Å². The van der Waals surface area contributed by atoms with Gasteiger partial charge in [0.05, 0.1) is 22.7 Å². The van der Waals surface area contributed by atoms with Crippen LogP contribution < -0.4 is 21.4 Å². The lowest BCUT2D eigenvalue weighted by atomic mass is 9.89. The van der Waals surface area contributed by atoms with E-state index in [-0.39, 0.29) is 29.7 Å². The number of carbonyl (C=O) groups is 4. The van der Waals surface area contributed by atoms with E-state index in [0.717, 1.165) is 16.5 Å². The van der Waals surface area contributed by atoms with Crippen LogP contribution in [0.4, 0.5) is 0 Å². The molecule has 0 unspecified atom stereocenters. The average molecular weight is 549 g/mol. The van der Waals surface area contributed by atoms with Crippen LogP contribution in [-0.4, -0.2) is 58.3 Å². The number of fused-ring (bicyclic) bond motifs is 4. The second-order valence-corrected chi connectivity index (χ2v) is 11.7. The molecule has 4 amide bonds. The minimum absolute atomic E-state index is 0.212. The van der Waals surface area contributed by atoms with Gasteiger partial charge in [-0.25, -0.2) is 5.43 Å². The van der Waals surface area contributed by atoms with Crippen molar-refractivity contribution < 1.29 is 19.2 Å². The molecule has 2 aliphatic heterocycles. The number of aromatic nitrogens is 1. The Morgan fingerprint density at radius 3 is 2.38 bits per heavy atom. The number of carbonyl (C=O) groups excluding carboxylic acids is 4. The third kappa shape index (κ3) is 6.50. The highest BCUT2D eigenvalue weighted by atomic mass is 16.2. The molecule has 2 aliphatic rings. The monoisotopic (exact) mass is 548 g/mol. The molecule has 4 rings (SSSR count). The number of amides is 4. The largest absolute Gasteiger partial charge is 0.347 e. The minimum atomic E-state index is -0.913. The van der Waals surface area contributed by atoms with Gasteiger partial charge in [0.2, 0.25) is 17.7 Å². The molecule has 214 valence electrons. The molecule has 3 heterocycles. The third-order valence-corrected chi connectivity index (χ3v) is 7.55. The Kier molecular flexibility index (Phi) is 8.58. The van der Waals surface area contributed by atoms with Gasteiger partial charge in [-0.1, -0.05) is 44.2 Å². The Morgan fingerprint density at radius 1 is 0.950 bits per heavy atom. The number of hydrogen-bond acceptors (Lipinski definition) is 6. The van der Waals surface area contributed by atoms with Crippen molar-refractivity contribution in [1.29, 1.82) is 0 Å². The molecule has 40 heavy (non-hydrogen) atoms. The Morgan fingerprint density at radius 2 is 1.65 bits per heavy atom. The van der Waals surface area contributed by atoms with Crippen molar-refractivity contribution in [2.45, 2.75) is 78.6 Å². The zero-order chi connectivity index (χ0) is 29.2. The number of hydrazine groups is 1. The van der Waals surface area contributed by atoms with Gasteiger partial charge < -0.3 is 16.0 Å². The van der Waals surface area contributed by atoms with Gasteiger partial charge in [-0.2, -0.15) is 0 Å². The number of hydrogen-bond donors (Lipinski definition) is 4. The van der Waals surface area contributed by atoms with Crippen LogP contribution in [-0.2, 0) is 19.2 Å². The summed E-state index contributed by atoms with van der Waals surface area (Å²) in [7, 11) is 0. The molecule has 0 spiro atoms. The quantitative estimate of drug-likeness (QED) is 0.433. The standard InChI is InChI=1S/C30H40N6O4/c1-17(2)25-27(38)32-19(4)28(39)36-15-7-8-23(35-36)26(37)31-18(3)22-12-11-21-10-9-20(16-24(21)33-22)13-14-30(5,6)29(40)34-25/h9-14,16-19,23,25,35H,7-8,15H2,1-6H3,(H,31,37)(H,32,38)(H,34,40)/b14-13+/t18-,19+,23+,25+/m1/s1. The first-order valence-corrected chi connectivity index (χ1v) is 13.9. The highest BCUT2D eigenvalue weighted by molar-refractivity contribution is 5.94. The first-order valence-electron chi connectivity index (χ1n) is 13.9. The van der Waals surface area contributed by atoms with Crippen molar-refractivity contribution in [3.63, 3.8) is 0 Å². The lowest BCUT2D eigenvalue weighted by molar-refractivity contribution is -0.143. The van der Waals surface area contributed by atoms with Gasteiger partial charge >= 0.3 is 0 Å². The van der Waals surface area contributed by atoms with Crippen LogP contribution in [0, 0.1) is 11.3 Å². The summed E-state index contributed by atoms with van der Waals surface area (Å²) in [6.07, 6.45) is 4.88. The molecule has 2 aromatic rings. The van der Waals surface area contributed by atoms with E-state index in [2.05, 4.69) is 21.4 Å². The number of benzene rings is 1. The molecule has 0 aliphatic carbocycles. The average Bonchev–Trinajstić information content (AvgIpc) is 2.92. The van der Waals surface area contributed by atoms with Crippen LogP contribution in [0.2, 0.25) is 0 Å². The van der Waals surface area contributed by atoms with Gasteiger partial charge in [0.25, 0.3) is 5.91 Å². The first-order chi connectivity index (χ1) is 18.9. The van der Waals surface area contributed by atoms with Crippen LogP contribution >= 0.6 is 0 Å². The van der Waals surface area contributed by atoms with E-state index in [0.29, 0.717) is 25.1 Å². The molecule has 0 saturated carbocycles. The van der Waals surface area contributed by atoms with E-state index in [9.17, 15) is 19.2 Å².